The van der Waals surface area contributed by atoms with Gasteiger partial charge < -0.3 is 10.2 Å². The zero-order chi connectivity index (χ0) is 17.6. The number of thiophene rings is 1. The Hall–Kier alpha value is -0.670. The Morgan fingerprint density at radius 2 is 1.77 bits per heavy atom. The normalized spacial score (nSPS) is 27.3. The van der Waals surface area contributed by atoms with Gasteiger partial charge in [0.15, 0.2) is 0 Å². The van der Waals surface area contributed by atoms with Crippen LogP contribution in [0.15, 0.2) is 16.3 Å². The molecule has 0 bridgehead atoms. The molecule has 0 radical (unpaired) electrons. The van der Waals surface area contributed by atoms with Crippen LogP contribution in [0.1, 0.15) is 29.4 Å². The molecule has 0 aliphatic carbocycles. The highest BCUT2D eigenvalue weighted by molar-refractivity contribution is 7.91. The maximum absolute atomic E-state index is 12.8. The first-order valence-electron chi connectivity index (χ1n) is 9.05. The largest absolute Gasteiger partial charge is 0.337 e. The number of carbonyl (C=O) groups excluding carboxylic acids is 1. The summed E-state index contributed by atoms with van der Waals surface area (Å²) in [7, 11) is -3.47. The van der Waals surface area contributed by atoms with Crippen molar-refractivity contribution in [2.75, 3.05) is 39.3 Å². The van der Waals surface area contributed by atoms with E-state index in [2.05, 4.69) is 12.2 Å². The monoisotopic (exact) mass is 419 g/mol. The Kier molecular flexibility index (Phi) is 5.99. The molecule has 0 aromatic carbocycles. The third-order valence-corrected chi connectivity index (χ3v) is 9.24. The molecule has 1 amide bonds. The number of sulfonamides is 1. The third-order valence-electron chi connectivity index (χ3n) is 5.81. The Labute approximate surface area is 165 Å². The molecule has 2 atom stereocenters. The van der Waals surface area contributed by atoms with E-state index in [0.717, 1.165) is 50.4 Å². The zero-order valence-corrected chi connectivity index (χ0v) is 17.3. The average molecular weight is 420 g/mol. The average Bonchev–Trinajstić information content (AvgIpc) is 3.30. The molecule has 3 aliphatic heterocycles. The van der Waals surface area contributed by atoms with Crippen LogP contribution in [-0.2, 0) is 10.0 Å². The summed E-state index contributed by atoms with van der Waals surface area (Å²) in [6.45, 7) is 6.83. The van der Waals surface area contributed by atoms with E-state index < -0.39 is 10.0 Å². The maximum Gasteiger partial charge on any atom is 0.263 e. The van der Waals surface area contributed by atoms with Crippen molar-refractivity contribution in [2.45, 2.75) is 24.0 Å². The van der Waals surface area contributed by atoms with Crippen LogP contribution in [0.4, 0.5) is 0 Å². The fourth-order valence-electron chi connectivity index (χ4n) is 4.10. The number of likely N-dealkylation sites (tertiary alicyclic amines) is 1. The predicted octanol–water partition coefficient (Wildman–Crippen LogP) is 1.88. The van der Waals surface area contributed by atoms with E-state index in [1.807, 2.05) is 4.90 Å². The number of amides is 1. The Morgan fingerprint density at radius 1 is 1.15 bits per heavy atom. The summed E-state index contributed by atoms with van der Waals surface area (Å²) < 4.78 is 27.5. The van der Waals surface area contributed by atoms with Crippen LogP contribution in [0.25, 0.3) is 0 Å². The fraction of sp³-hybridized carbons (Fsp3) is 0.706. The summed E-state index contributed by atoms with van der Waals surface area (Å²) in [5.74, 6) is 1.65. The fourth-order valence-corrected chi connectivity index (χ4v) is 7.00. The highest BCUT2D eigenvalue weighted by atomic mass is 35.5. The SMILES string of the molecule is CC1CCN(S(=O)(=O)c2ccc(C(=O)N3C[C@H]4CNC[C@H]4C3)s2)CC1.Cl. The summed E-state index contributed by atoms with van der Waals surface area (Å²) >= 11 is 1.12. The van der Waals surface area contributed by atoms with Gasteiger partial charge in [-0.15, -0.1) is 23.7 Å². The number of piperidine rings is 1. The number of rotatable bonds is 3. The molecule has 26 heavy (non-hydrogen) atoms. The van der Waals surface area contributed by atoms with Gasteiger partial charge in [-0.25, -0.2) is 8.42 Å². The van der Waals surface area contributed by atoms with Crippen molar-refractivity contribution >= 4 is 39.7 Å². The van der Waals surface area contributed by atoms with Crippen molar-refractivity contribution in [3.05, 3.63) is 17.0 Å². The lowest BCUT2D eigenvalue weighted by Crippen LogP contribution is -2.37. The lowest BCUT2D eigenvalue weighted by atomic mass is 10.0. The molecular weight excluding hydrogens is 394 g/mol. The van der Waals surface area contributed by atoms with Crippen LogP contribution in [0, 0.1) is 17.8 Å². The summed E-state index contributed by atoms with van der Waals surface area (Å²) in [5.41, 5.74) is 0. The maximum atomic E-state index is 12.8. The van der Waals surface area contributed by atoms with Crippen molar-refractivity contribution in [3.8, 4) is 0 Å². The van der Waals surface area contributed by atoms with E-state index in [0.29, 0.717) is 39.9 Å². The van der Waals surface area contributed by atoms with Crippen LogP contribution in [0.3, 0.4) is 0 Å². The number of nitrogens with zero attached hydrogens (tertiary/aromatic N) is 2. The van der Waals surface area contributed by atoms with Gasteiger partial charge in [-0.3, -0.25) is 4.79 Å². The smallest absolute Gasteiger partial charge is 0.263 e. The molecule has 0 saturated carbocycles. The standard InChI is InChI=1S/C17H25N3O3S2.ClH/c1-12-4-6-20(7-5-12)25(22,23)16-3-2-15(24-16)17(21)19-10-13-8-18-9-14(13)11-19;/h2-3,12-14,18H,4-11H2,1H3;1H/t13-,14+;. The minimum absolute atomic E-state index is 0. The molecule has 1 N–H and O–H groups in total. The van der Waals surface area contributed by atoms with Crippen LogP contribution < -0.4 is 5.32 Å². The summed E-state index contributed by atoms with van der Waals surface area (Å²) in [5, 5.41) is 3.37. The number of fused-ring (bicyclic) bond motifs is 1. The van der Waals surface area contributed by atoms with Crippen LogP contribution in [-0.4, -0.2) is 62.8 Å². The van der Waals surface area contributed by atoms with Gasteiger partial charge >= 0.3 is 0 Å². The molecular formula is C17H26ClN3O3S2. The van der Waals surface area contributed by atoms with Gasteiger partial charge in [0.25, 0.3) is 15.9 Å². The Morgan fingerprint density at radius 3 is 2.38 bits per heavy atom. The van der Waals surface area contributed by atoms with E-state index >= 15 is 0 Å². The van der Waals surface area contributed by atoms with Gasteiger partial charge in [0.1, 0.15) is 4.21 Å². The summed E-state index contributed by atoms with van der Waals surface area (Å²) in [6, 6.07) is 3.28. The van der Waals surface area contributed by atoms with Crippen molar-refractivity contribution < 1.29 is 13.2 Å². The van der Waals surface area contributed by atoms with Crippen LogP contribution in [0.2, 0.25) is 0 Å². The second-order valence-electron chi connectivity index (χ2n) is 7.59. The van der Waals surface area contributed by atoms with Crippen LogP contribution >= 0.6 is 23.7 Å². The lowest BCUT2D eigenvalue weighted by Gasteiger charge is -2.28. The first-order chi connectivity index (χ1) is 11.9. The van der Waals surface area contributed by atoms with E-state index in [-0.39, 0.29) is 18.3 Å². The Balaban J connectivity index is 0.00000196. The third kappa shape index (κ3) is 3.67. The molecule has 9 heteroatoms. The molecule has 6 nitrogen and oxygen atoms in total. The van der Waals surface area contributed by atoms with Gasteiger partial charge in [-0.2, -0.15) is 4.31 Å². The molecule has 1 aromatic heterocycles. The summed E-state index contributed by atoms with van der Waals surface area (Å²) in [4.78, 5) is 15.2. The van der Waals surface area contributed by atoms with Gasteiger partial charge in [0.05, 0.1) is 4.88 Å². The molecule has 4 heterocycles. The molecule has 4 rings (SSSR count). The molecule has 3 aliphatic rings. The van der Waals surface area contributed by atoms with Crippen molar-refractivity contribution in [2.24, 2.45) is 17.8 Å². The minimum atomic E-state index is -3.47. The second kappa shape index (κ2) is 7.75. The quantitative estimate of drug-likeness (QED) is 0.812. The van der Waals surface area contributed by atoms with Gasteiger partial charge in [0, 0.05) is 39.3 Å². The van der Waals surface area contributed by atoms with Gasteiger partial charge in [-0.1, -0.05) is 6.92 Å². The highest BCUT2D eigenvalue weighted by Crippen LogP contribution is 2.31. The van der Waals surface area contributed by atoms with Crippen molar-refractivity contribution in [3.63, 3.8) is 0 Å². The number of halogens is 1. The van der Waals surface area contributed by atoms with Crippen molar-refractivity contribution in [1.29, 1.82) is 0 Å². The topological polar surface area (TPSA) is 69.7 Å². The number of nitrogens with one attached hydrogen (secondary N) is 1. The number of hydrogen-bond donors (Lipinski definition) is 1. The predicted molar refractivity (Wildman–Crippen MR) is 104 cm³/mol. The van der Waals surface area contributed by atoms with Gasteiger partial charge in [0.2, 0.25) is 0 Å². The zero-order valence-electron chi connectivity index (χ0n) is 14.9. The molecule has 3 saturated heterocycles. The minimum Gasteiger partial charge on any atom is -0.337 e. The second-order valence-corrected chi connectivity index (χ2v) is 10.8. The first-order valence-corrected chi connectivity index (χ1v) is 11.3. The van der Waals surface area contributed by atoms with Gasteiger partial charge in [-0.05, 0) is 42.7 Å². The molecule has 1 aromatic rings. The summed E-state index contributed by atoms with van der Waals surface area (Å²) in [6.07, 6.45) is 1.81. The van der Waals surface area contributed by atoms with E-state index in [1.165, 1.54) is 0 Å². The lowest BCUT2D eigenvalue weighted by molar-refractivity contribution is 0.0786. The number of carbonyl (C=O) groups is 1. The number of hydrogen-bond acceptors (Lipinski definition) is 5. The van der Waals surface area contributed by atoms with E-state index in [1.54, 1.807) is 16.4 Å². The molecule has 146 valence electrons. The van der Waals surface area contributed by atoms with Crippen molar-refractivity contribution in [1.82, 2.24) is 14.5 Å². The van der Waals surface area contributed by atoms with E-state index in [9.17, 15) is 13.2 Å². The first kappa shape index (κ1) is 20.1. The molecule has 0 spiro atoms. The highest BCUT2D eigenvalue weighted by Gasteiger charge is 2.39. The molecule has 0 unspecified atom stereocenters. The van der Waals surface area contributed by atoms with Crippen LogP contribution in [0.5, 0.6) is 0 Å². The van der Waals surface area contributed by atoms with E-state index in [4.69, 9.17) is 0 Å². The Bertz CT molecular complexity index is 747. The molecule has 3 fully saturated rings.